The number of hydrogen-bond donors (Lipinski definition) is 3. The molecule has 21 heavy (non-hydrogen) atoms. The van der Waals surface area contributed by atoms with Crippen LogP contribution in [0.1, 0.15) is 36.7 Å². The van der Waals surface area contributed by atoms with Crippen molar-refractivity contribution in [1.29, 1.82) is 0 Å². The van der Waals surface area contributed by atoms with E-state index in [9.17, 15) is 24.3 Å². The second kappa shape index (κ2) is 7.39. The fourth-order valence-corrected chi connectivity index (χ4v) is 1.66. The number of aromatic nitrogens is 2. The molecule has 1 aromatic rings. The molecule has 0 spiro atoms. The van der Waals surface area contributed by atoms with Crippen LogP contribution in [0, 0.1) is 0 Å². The maximum absolute atomic E-state index is 11.8. The van der Waals surface area contributed by atoms with E-state index in [1.165, 1.54) is 0 Å². The number of carbonyl (C=O) groups is 2. The highest BCUT2D eigenvalue weighted by atomic mass is 16.5. The number of rotatable bonds is 5. The lowest BCUT2D eigenvalue weighted by Gasteiger charge is -2.15. The van der Waals surface area contributed by atoms with Gasteiger partial charge in [0.15, 0.2) is 0 Å². The molecule has 0 bridgehead atoms. The molecule has 1 rings (SSSR count). The zero-order valence-corrected chi connectivity index (χ0v) is 11.7. The van der Waals surface area contributed by atoms with Crippen LogP contribution < -0.4 is 16.6 Å². The summed E-state index contributed by atoms with van der Waals surface area (Å²) in [6.07, 6.45) is 0.440. The van der Waals surface area contributed by atoms with E-state index in [1.54, 1.807) is 13.8 Å². The highest BCUT2D eigenvalue weighted by Gasteiger charge is 2.18. The van der Waals surface area contributed by atoms with E-state index in [2.05, 4.69) is 4.74 Å². The van der Waals surface area contributed by atoms with Gasteiger partial charge in [0.05, 0.1) is 19.3 Å². The van der Waals surface area contributed by atoms with Gasteiger partial charge in [-0.15, -0.1) is 0 Å². The van der Waals surface area contributed by atoms with Crippen molar-refractivity contribution in [3.63, 3.8) is 0 Å². The summed E-state index contributed by atoms with van der Waals surface area (Å²) in [6.45, 7) is 3.03. The third-order valence-electron chi connectivity index (χ3n) is 2.78. The number of aliphatic hydroxyl groups excluding tert-OH is 1. The van der Waals surface area contributed by atoms with Crippen LogP contribution in [0.15, 0.2) is 15.8 Å². The predicted molar refractivity (Wildman–Crippen MR) is 72.2 cm³/mol. The number of alkyl carbamates (subject to hydrolysis) is 1. The van der Waals surface area contributed by atoms with Crippen molar-refractivity contribution in [2.24, 2.45) is 0 Å². The Morgan fingerprint density at radius 1 is 1.43 bits per heavy atom. The minimum Gasteiger partial charge on any atom is -0.450 e. The first-order valence-electron chi connectivity index (χ1n) is 6.38. The van der Waals surface area contributed by atoms with E-state index in [0.717, 1.165) is 10.8 Å². The number of nitrogens with zero attached hydrogens (tertiary/aromatic N) is 1. The quantitative estimate of drug-likeness (QED) is 0.663. The number of aliphatic hydroxyl groups is 1. The molecule has 9 heteroatoms. The zero-order chi connectivity index (χ0) is 16.0. The lowest BCUT2D eigenvalue weighted by molar-refractivity contribution is 0.0921. The average Bonchev–Trinajstić information content (AvgIpc) is 2.42. The van der Waals surface area contributed by atoms with Gasteiger partial charge in [0.1, 0.15) is 5.56 Å². The highest BCUT2D eigenvalue weighted by molar-refractivity contribution is 6.02. The number of aromatic amines is 1. The smallest absolute Gasteiger partial charge is 0.414 e. The Morgan fingerprint density at radius 3 is 2.62 bits per heavy atom. The van der Waals surface area contributed by atoms with Crippen molar-refractivity contribution in [3.8, 4) is 0 Å². The number of hydrogen-bond acceptors (Lipinski definition) is 6. The fraction of sp³-hybridized carbons (Fsp3) is 0.500. The molecule has 0 saturated heterocycles. The standard InChI is InChI=1S/C12H17N3O6/c1-3-7(6-16)15-5-8(9(17)13-11(15)19)10(18)14-12(20)21-4-2/h5,7,16H,3-4,6H2,1-2H3,(H,13,17,19)(H,14,18,20). The molecule has 1 atom stereocenters. The van der Waals surface area contributed by atoms with Crippen molar-refractivity contribution in [2.45, 2.75) is 26.3 Å². The Balaban J connectivity index is 3.16. The Bertz CT molecular complexity index is 629. The number of amides is 2. The molecule has 1 unspecified atom stereocenters. The molecule has 9 nitrogen and oxygen atoms in total. The normalized spacial score (nSPS) is 11.8. The molecule has 0 saturated carbocycles. The topological polar surface area (TPSA) is 130 Å². The van der Waals surface area contributed by atoms with Crippen LogP contribution in [0.5, 0.6) is 0 Å². The first kappa shape index (κ1) is 16.6. The number of ether oxygens (including phenoxy) is 1. The fourth-order valence-electron chi connectivity index (χ4n) is 1.66. The first-order valence-corrected chi connectivity index (χ1v) is 6.38. The van der Waals surface area contributed by atoms with E-state index in [4.69, 9.17) is 0 Å². The summed E-state index contributed by atoms with van der Waals surface area (Å²) < 4.78 is 5.57. The molecule has 3 N–H and O–H groups in total. The molecule has 116 valence electrons. The average molecular weight is 299 g/mol. The molecule has 1 heterocycles. The van der Waals surface area contributed by atoms with Gasteiger partial charge in [0, 0.05) is 6.20 Å². The van der Waals surface area contributed by atoms with Gasteiger partial charge in [-0.3, -0.25) is 24.5 Å². The van der Waals surface area contributed by atoms with Crippen LogP contribution in [0.3, 0.4) is 0 Å². The van der Waals surface area contributed by atoms with Gasteiger partial charge in [0.25, 0.3) is 11.5 Å². The first-order chi connectivity index (χ1) is 9.94. The van der Waals surface area contributed by atoms with Gasteiger partial charge in [-0.2, -0.15) is 0 Å². The van der Waals surface area contributed by atoms with Crippen LogP contribution in [-0.2, 0) is 4.74 Å². The summed E-state index contributed by atoms with van der Waals surface area (Å²) in [6, 6.07) is -0.580. The largest absolute Gasteiger partial charge is 0.450 e. The second-order valence-corrected chi connectivity index (χ2v) is 4.13. The SMILES string of the molecule is CCOC(=O)NC(=O)c1cn(C(CC)CO)c(=O)[nH]c1=O. The van der Waals surface area contributed by atoms with Crippen LogP contribution in [-0.4, -0.2) is 39.9 Å². The molecular formula is C12H17N3O6. The molecular weight excluding hydrogens is 282 g/mol. The van der Waals surface area contributed by atoms with Gasteiger partial charge in [0.2, 0.25) is 0 Å². The summed E-state index contributed by atoms with van der Waals surface area (Å²) >= 11 is 0. The van der Waals surface area contributed by atoms with E-state index in [0.29, 0.717) is 6.42 Å². The van der Waals surface area contributed by atoms with Crippen LogP contribution in [0.2, 0.25) is 0 Å². The molecule has 2 amide bonds. The third kappa shape index (κ3) is 4.02. The Kier molecular flexibility index (Phi) is 5.85. The number of imide groups is 1. The Hall–Kier alpha value is -2.42. The zero-order valence-electron chi connectivity index (χ0n) is 11.7. The summed E-state index contributed by atoms with van der Waals surface area (Å²) in [4.78, 5) is 48.2. The minimum absolute atomic E-state index is 0.0669. The molecule has 0 fully saturated rings. The summed E-state index contributed by atoms with van der Waals surface area (Å²) in [5.41, 5.74) is -2.09. The van der Waals surface area contributed by atoms with E-state index in [-0.39, 0.29) is 13.2 Å². The van der Waals surface area contributed by atoms with Crippen molar-refractivity contribution < 1.29 is 19.4 Å². The van der Waals surface area contributed by atoms with Gasteiger partial charge in [-0.1, -0.05) is 6.92 Å². The molecule has 1 aromatic heterocycles. The van der Waals surface area contributed by atoms with E-state index >= 15 is 0 Å². The number of nitrogens with one attached hydrogen (secondary N) is 2. The van der Waals surface area contributed by atoms with Crippen LogP contribution in [0.25, 0.3) is 0 Å². The van der Waals surface area contributed by atoms with Crippen LogP contribution >= 0.6 is 0 Å². The van der Waals surface area contributed by atoms with Crippen molar-refractivity contribution >= 4 is 12.0 Å². The summed E-state index contributed by atoms with van der Waals surface area (Å²) in [5.74, 6) is -0.990. The molecule has 0 aromatic carbocycles. The lowest BCUT2D eigenvalue weighted by Crippen LogP contribution is -2.40. The monoisotopic (exact) mass is 299 g/mol. The summed E-state index contributed by atoms with van der Waals surface area (Å²) in [5, 5.41) is 11.1. The van der Waals surface area contributed by atoms with Crippen molar-refractivity contribution in [1.82, 2.24) is 14.9 Å². The maximum atomic E-state index is 11.8. The Morgan fingerprint density at radius 2 is 2.10 bits per heavy atom. The molecule has 0 radical (unpaired) electrons. The summed E-state index contributed by atoms with van der Waals surface area (Å²) in [7, 11) is 0. The molecule has 0 aliphatic rings. The molecule has 0 aliphatic heterocycles. The van der Waals surface area contributed by atoms with Crippen LogP contribution in [0.4, 0.5) is 4.79 Å². The van der Waals surface area contributed by atoms with Gasteiger partial charge in [-0.05, 0) is 13.3 Å². The van der Waals surface area contributed by atoms with Gasteiger partial charge in [-0.25, -0.2) is 9.59 Å². The van der Waals surface area contributed by atoms with E-state index < -0.39 is 34.9 Å². The second-order valence-electron chi connectivity index (χ2n) is 4.13. The lowest BCUT2D eigenvalue weighted by atomic mass is 10.2. The van der Waals surface area contributed by atoms with Gasteiger partial charge < -0.3 is 9.84 Å². The van der Waals surface area contributed by atoms with Crippen molar-refractivity contribution in [3.05, 3.63) is 32.6 Å². The number of H-pyrrole nitrogens is 1. The van der Waals surface area contributed by atoms with E-state index in [1.807, 2.05) is 10.3 Å². The highest BCUT2D eigenvalue weighted by Crippen LogP contribution is 2.06. The number of carbonyl (C=O) groups excluding carboxylic acids is 2. The maximum Gasteiger partial charge on any atom is 0.414 e. The molecule has 0 aliphatic carbocycles. The third-order valence-corrected chi connectivity index (χ3v) is 2.78. The Labute approximate surface area is 119 Å². The van der Waals surface area contributed by atoms with Gasteiger partial charge >= 0.3 is 11.8 Å². The minimum atomic E-state index is -0.992. The van der Waals surface area contributed by atoms with Crippen molar-refractivity contribution in [2.75, 3.05) is 13.2 Å². The predicted octanol–water partition coefficient (Wildman–Crippen LogP) is -0.634.